The molecule has 2 unspecified atom stereocenters. The van der Waals surface area contributed by atoms with Gasteiger partial charge in [0.25, 0.3) is 5.91 Å². The molecule has 6 nitrogen and oxygen atoms in total. The van der Waals surface area contributed by atoms with Gasteiger partial charge in [-0.1, -0.05) is 83.1 Å². The molecule has 37 heavy (non-hydrogen) atoms. The van der Waals surface area contributed by atoms with Gasteiger partial charge in [-0.05, 0) is 64.3 Å². The van der Waals surface area contributed by atoms with E-state index in [1.54, 1.807) is 12.1 Å². The molecule has 0 saturated heterocycles. The molecule has 0 fully saturated rings. The Balaban J connectivity index is 1.70. The smallest absolute Gasteiger partial charge is 0.334 e. The second-order valence-corrected chi connectivity index (χ2v) is 10.8. The average Bonchev–Trinajstić information content (AvgIpc) is 2.86. The van der Waals surface area contributed by atoms with Crippen molar-refractivity contribution in [2.75, 3.05) is 6.54 Å². The quantitative estimate of drug-likeness (QED) is 0.316. The van der Waals surface area contributed by atoms with Gasteiger partial charge in [0.1, 0.15) is 11.9 Å². The topological polar surface area (TPSA) is 95.9 Å². The maximum absolute atomic E-state index is 12.3. The highest BCUT2D eigenvalue weighted by Gasteiger charge is 2.18. The molecule has 0 aromatic heterocycles. The van der Waals surface area contributed by atoms with Gasteiger partial charge < -0.3 is 20.3 Å². The van der Waals surface area contributed by atoms with Crippen molar-refractivity contribution in [2.45, 2.75) is 58.7 Å². The molecule has 2 atom stereocenters. The Kier molecular flexibility index (Phi) is 9.11. The van der Waals surface area contributed by atoms with Crippen molar-refractivity contribution < 1.29 is 24.5 Å². The molecular weight excluding hydrogens is 466 g/mol. The number of amides is 1. The third-order valence-electron chi connectivity index (χ3n) is 6.19. The summed E-state index contributed by atoms with van der Waals surface area (Å²) in [6.07, 6.45) is -1.03. The number of aliphatic hydroxyl groups excluding tert-OH is 1. The molecule has 1 amide bonds. The standard InChI is InChI=1S/C31H37NO5/c1-20(2)18-28(23-6-8-24(9-7-23)29(34)32-19-27(33)30(35)36)37-26-16-12-22(13-17-26)21-10-14-25(15-11-21)31(3,4)5/h6-17,20,27-28,33H,18-19H2,1-5H3,(H,32,34)(H,35,36). The number of carbonyl (C=O) groups is 2. The Labute approximate surface area is 219 Å². The molecule has 0 saturated carbocycles. The molecular formula is C31H37NO5. The molecule has 196 valence electrons. The molecule has 0 radical (unpaired) electrons. The molecule has 3 rings (SSSR count). The normalized spacial score (nSPS) is 13.2. The molecule has 0 heterocycles. The van der Waals surface area contributed by atoms with Crippen LogP contribution in [0.25, 0.3) is 11.1 Å². The van der Waals surface area contributed by atoms with E-state index in [4.69, 9.17) is 9.84 Å². The third-order valence-corrected chi connectivity index (χ3v) is 6.19. The molecule has 0 aliphatic rings. The van der Waals surface area contributed by atoms with Gasteiger partial charge in [-0.2, -0.15) is 0 Å². The Morgan fingerprint density at radius 3 is 1.89 bits per heavy atom. The summed E-state index contributed by atoms with van der Waals surface area (Å²) >= 11 is 0. The predicted molar refractivity (Wildman–Crippen MR) is 146 cm³/mol. The Bertz CT molecular complexity index is 1180. The van der Waals surface area contributed by atoms with Crippen LogP contribution in [0.5, 0.6) is 5.75 Å². The van der Waals surface area contributed by atoms with E-state index in [-0.39, 0.29) is 18.1 Å². The van der Waals surface area contributed by atoms with Gasteiger partial charge in [0.05, 0.1) is 6.54 Å². The molecule has 3 aromatic rings. The summed E-state index contributed by atoms with van der Waals surface area (Å²) in [4.78, 5) is 23.0. The zero-order valence-corrected chi connectivity index (χ0v) is 22.2. The first-order valence-electron chi connectivity index (χ1n) is 12.6. The molecule has 6 heteroatoms. The highest BCUT2D eigenvalue weighted by Crippen LogP contribution is 2.31. The van der Waals surface area contributed by atoms with Crippen LogP contribution in [0.15, 0.2) is 72.8 Å². The fraction of sp³-hybridized carbons (Fsp3) is 0.355. The fourth-order valence-electron chi connectivity index (χ4n) is 3.96. The van der Waals surface area contributed by atoms with E-state index in [2.05, 4.69) is 76.3 Å². The van der Waals surface area contributed by atoms with Crippen LogP contribution in [0.2, 0.25) is 0 Å². The van der Waals surface area contributed by atoms with E-state index < -0.39 is 18.0 Å². The van der Waals surface area contributed by atoms with E-state index in [9.17, 15) is 14.7 Å². The first-order valence-corrected chi connectivity index (χ1v) is 12.6. The maximum atomic E-state index is 12.3. The SMILES string of the molecule is CC(C)CC(Oc1ccc(-c2ccc(C(C)(C)C)cc2)cc1)c1ccc(C(=O)NCC(O)C(=O)O)cc1. The monoisotopic (exact) mass is 503 g/mol. The van der Waals surface area contributed by atoms with Crippen molar-refractivity contribution in [3.05, 3.63) is 89.5 Å². The lowest BCUT2D eigenvalue weighted by Gasteiger charge is -2.22. The van der Waals surface area contributed by atoms with Crippen LogP contribution in [0, 0.1) is 5.92 Å². The van der Waals surface area contributed by atoms with Gasteiger partial charge >= 0.3 is 5.97 Å². The third kappa shape index (κ3) is 7.92. The first-order chi connectivity index (χ1) is 17.4. The van der Waals surface area contributed by atoms with Crippen molar-refractivity contribution in [3.63, 3.8) is 0 Å². The van der Waals surface area contributed by atoms with Gasteiger partial charge in [-0.3, -0.25) is 4.79 Å². The van der Waals surface area contributed by atoms with Crippen molar-refractivity contribution in [3.8, 4) is 16.9 Å². The van der Waals surface area contributed by atoms with Gasteiger partial charge in [0, 0.05) is 5.56 Å². The van der Waals surface area contributed by atoms with E-state index in [1.165, 1.54) is 5.56 Å². The average molecular weight is 504 g/mol. The van der Waals surface area contributed by atoms with Gasteiger partial charge in [0.15, 0.2) is 6.10 Å². The van der Waals surface area contributed by atoms with Crippen LogP contribution in [-0.4, -0.2) is 34.7 Å². The second kappa shape index (κ2) is 12.1. The van der Waals surface area contributed by atoms with E-state index in [0.29, 0.717) is 11.5 Å². The molecule has 3 aromatic carbocycles. The molecule has 0 spiro atoms. The van der Waals surface area contributed by atoms with E-state index in [0.717, 1.165) is 28.9 Å². The summed E-state index contributed by atoms with van der Waals surface area (Å²) in [5, 5.41) is 20.5. The molecule has 3 N–H and O–H groups in total. The Hall–Kier alpha value is -3.64. The van der Waals surface area contributed by atoms with Crippen LogP contribution in [0.3, 0.4) is 0 Å². The molecule has 0 aliphatic carbocycles. The minimum atomic E-state index is -1.64. The highest BCUT2D eigenvalue weighted by atomic mass is 16.5. The van der Waals surface area contributed by atoms with Gasteiger partial charge in [-0.25, -0.2) is 4.79 Å². The fourth-order valence-corrected chi connectivity index (χ4v) is 3.96. The number of ether oxygens (including phenoxy) is 1. The van der Waals surface area contributed by atoms with Crippen molar-refractivity contribution in [1.29, 1.82) is 0 Å². The number of carboxylic acid groups (broad SMARTS) is 1. The highest BCUT2D eigenvalue weighted by molar-refractivity contribution is 5.94. The number of carbonyl (C=O) groups excluding carboxylic acids is 1. The van der Waals surface area contributed by atoms with Crippen molar-refractivity contribution >= 4 is 11.9 Å². The summed E-state index contributed by atoms with van der Waals surface area (Å²) in [6, 6.07) is 23.8. The molecule has 0 aliphatic heterocycles. The van der Waals surface area contributed by atoms with Crippen LogP contribution in [0.1, 0.15) is 68.6 Å². The molecule has 0 bridgehead atoms. The summed E-state index contributed by atoms with van der Waals surface area (Å²) in [5.41, 5.74) is 5.02. The largest absolute Gasteiger partial charge is 0.486 e. The summed E-state index contributed by atoms with van der Waals surface area (Å²) < 4.78 is 6.37. The predicted octanol–water partition coefficient (Wildman–Crippen LogP) is 5.99. The lowest BCUT2D eigenvalue weighted by atomic mass is 9.86. The number of nitrogens with one attached hydrogen (secondary N) is 1. The zero-order valence-electron chi connectivity index (χ0n) is 22.2. The number of hydrogen-bond donors (Lipinski definition) is 3. The summed E-state index contributed by atoms with van der Waals surface area (Å²) in [5.74, 6) is -0.661. The van der Waals surface area contributed by atoms with E-state index >= 15 is 0 Å². The van der Waals surface area contributed by atoms with Crippen LogP contribution >= 0.6 is 0 Å². The first kappa shape index (κ1) is 27.9. The number of aliphatic carboxylic acids is 1. The number of benzene rings is 3. The second-order valence-electron chi connectivity index (χ2n) is 10.8. The number of aliphatic hydroxyl groups is 1. The minimum absolute atomic E-state index is 0.118. The van der Waals surface area contributed by atoms with Gasteiger partial charge in [0.2, 0.25) is 0 Å². The van der Waals surface area contributed by atoms with Gasteiger partial charge in [-0.15, -0.1) is 0 Å². The maximum Gasteiger partial charge on any atom is 0.334 e. The summed E-state index contributed by atoms with van der Waals surface area (Å²) in [7, 11) is 0. The van der Waals surface area contributed by atoms with Crippen LogP contribution < -0.4 is 10.1 Å². The summed E-state index contributed by atoms with van der Waals surface area (Å²) in [6.45, 7) is 10.5. The number of carboxylic acids is 1. The zero-order chi connectivity index (χ0) is 27.2. The van der Waals surface area contributed by atoms with E-state index in [1.807, 2.05) is 24.3 Å². The number of hydrogen-bond acceptors (Lipinski definition) is 4. The Morgan fingerprint density at radius 2 is 1.41 bits per heavy atom. The van der Waals surface area contributed by atoms with Crippen molar-refractivity contribution in [2.24, 2.45) is 5.92 Å². The van der Waals surface area contributed by atoms with Crippen LogP contribution in [0.4, 0.5) is 0 Å². The minimum Gasteiger partial charge on any atom is -0.486 e. The lowest BCUT2D eigenvalue weighted by Crippen LogP contribution is -2.36. The number of rotatable bonds is 10. The lowest BCUT2D eigenvalue weighted by molar-refractivity contribution is -0.146. The van der Waals surface area contributed by atoms with Crippen LogP contribution in [-0.2, 0) is 10.2 Å². The van der Waals surface area contributed by atoms with Crippen molar-refractivity contribution in [1.82, 2.24) is 5.32 Å². The Morgan fingerprint density at radius 1 is 0.865 bits per heavy atom.